The summed E-state index contributed by atoms with van der Waals surface area (Å²) in [6, 6.07) is 0. The lowest BCUT2D eigenvalue weighted by molar-refractivity contribution is 0.135. The predicted octanol–water partition coefficient (Wildman–Crippen LogP) is 0.984. The van der Waals surface area contributed by atoms with Gasteiger partial charge in [0, 0.05) is 13.2 Å². The van der Waals surface area contributed by atoms with Gasteiger partial charge in [-0.3, -0.25) is 4.18 Å². The van der Waals surface area contributed by atoms with Gasteiger partial charge in [0.05, 0.1) is 12.9 Å². The number of unbranched alkanes of at least 4 members (excludes halogenated alkanes) is 1. The van der Waals surface area contributed by atoms with Crippen molar-refractivity contribution >= 4 is 10.1 Å². The minimum Gasteiger partial charge on any atom is -0.381 e. The van der Waals surface area contributed by atoms with Crippen molar-refractivity contribution in [3.05, 3.63) is 6.92 Å². The summed E-state index contributed by atoms with van der Waals surface area (Å²) in [5.74, 6) is 0.0667. The van der Waals surface area contributed by atoms with Crippen molar-refractivity contribution in [3.63, 3.8) is 0 Å². The van der Waals surface area contributed by atoms with E-state index in [1.54, 1.807) is 0 Å². The molecule has 0 atom stereocenters. The molecule has 0 unspecified atom stereocenters. The average Bonchev–Trinajstić information content (AvgIpc) is 2.11. The minimum absolute atomic E-state index is 0.0667. The lowest BCUT2D eigenvalue weighted by atomic mass is 10.4. The van der Waals surface area contributed by atoms with E-state index in [4.69, 9.17) is 4.74 Å². The van der Waals surface area contributed by atoms with Gasteiger partial charge in [0.25, 0.3) is 10.1 Å². The summed E-state index contributed by atoms with van der Waals surface area (Å²) in [6.45, 7) is 4.84. The van der Waals surface area contributed by atoms with Crippen LogP contribution in [-0.2, 0) is 19.0 Å². The Kier molecular flexibility index (Phi) is 7.22. The minimum atomic E-state index is -3.28. The van der Waals surface area contributed by atoms with Gasteiger partial charge in [-0.15, -0.1) is 0 Å². The Hall–Kier alpha value is -0.130. The first-order chi connectivity index (χ1) is 6.12. The van der Waals surface area contributed by atoms with Crippen LogP contribution in [-0.4, -0.2) is 34.5 Å². The van der Waals surface area contributed by atoms with Gasteiger partial charge in [0.2, 0.25) is 0 Å². The van der Waals surface area contributed by atoms with E-state index in [0.717, 1.165) is 12.8 Å². The van der Waals surface area contributed by atoms with Gasteiger partial charge in [-0.2, -0.15) is 8.42 Å². The standard InChI is InChI=1S/C8H17O4S/c1-3-6-12-7-4-5-8-13(9,10)11-2/h1,3-8H2,2H3. The second kappa shape index (κ2) is 7.29. The van der Waals surface area contributed by atoms with Gasteiger partial charge in [0.15, 0.2) is 0 Å². The molecule has 0 heterocycles. The zero-order valence-corrected chi connectivity index (χ0v) is 8.81. The van der Waals surface area contributed by atoms with Crippen LogP contribution in [0.3, 0.4) is 0 Å². The fraction of sp³-hybridized carbons (Fsp3) is 0.875. The van der Waals surface area contributed by atoms with Crippen molar-refractivity contribution in [3.8, 4) is 0 Å². The van der Waals surface area contributed by atoms with Crippen LogP contribution in [0.25, 0.3) is 0 Å². The summed E-state index contributed by atoms with van der Waals surface area (Å²) in [6.07, 6.45) is 2.06. The Morgan fingerprint density at radius 1 is 1.23 bits per heavy atom. The van der Waals surface area contributed by atoms with E-state index in [-0.39, 0.29) is 5.75 Å². The van der Waals surface area contributed by atoms with Crippen LogP contribution >= 0.6 is 0 Å². The molecule has 0 bridgehead atoms. The van der Waals surface area contributed by atoms with Crippen LogP contribution in [0.1, 0.15) is 19.3 Å². The largest absolute Gasteiger partial charge is 0.381 e. The van der Waals surface area contributed by atoms with Crippen LogP contribution in [0, 0.1) is 6.92 Å². The molecule has 0 aromatic heterocycles. The van der Waals surface area contributed by atoms with Gasteiger partial charge in [0.1, 0.15) is 0 Å². The molecule has 1 radical (unpaired) electrons. The number of rotatable bonds is 8. The number of ether oxygens (including phenoxy) is 1. The van der Waals surface area contributed by atoms with Gasteiger partial charge < -0.3 is 4.74 Å². The fourth-order valence-corrected chi connectivity index (χ4v) is 1.49. The van der Waals surface area contributed by atoms with E-state index in [0.29, 0.717) is 19.6 Å². The van der Waals surface area contributed by atoms with E-state index in [2.05, 4.69) is 11.1 Å². The van der Waals surface area contributed by atoms with Crippen molar-refractivity contribution < 1.29 is 17.3 Å². The summed E-state index contributed by atoms with van der Waals surface area (Å²) in [5, 5.41) is 0. The molecule has 13 heavy (non-hydrogen) atoms. The van der Waals surface area contributed by atoms with E-state index < -0.39 is 10.1 Å². The third-order valence-electron chi connectivity index (χ3n) is 1.48. The Labute approximate surface area is 80.4 Å². The quantitative estimate of drug-likeness (QED) is 0.442. The van der Waals surface area contributed by atoms with Gasteiger partial charge in [-0.25, -0.2) is 0 Å². The lowest BCUT2D eigenvalue weighted by Crippen LogP contribution is -2.08. The highest BCUT2D eigenvalue weighted by atomic mass is 32.2. The third kappa shape index (κ3) is 8.21. The monoisotopic (exact) mass is 209 g/mol. The molecule has 0 aliphatic rings. The summed E-state index contributed by atoms with van der Waals surface area (Å²) >= 11 is 0. The van der Waals surface area contributed by atoms with Crippen LogP contribution in [0.5, 0.6) is 0 Å². The molecule has 0 fully saturated rings. The zero-order valence-electron chi connectivity index (χ0n) is 7.99. The first kappa shape index (κ1) is 12.9. The lowest BCUT2D eigenvalue weighted by Gasteiger charge is -2.02. The Morgan fingerprint density at radius 2 is 1.92 bits per heavy atom. The first-order valence-corrected chi connectivity index (χ1v) is 5.85. The van der Waals surface area contributed by atoms with Crippen LogP contribution in [0.4, 0.5) is 0 Å². The SMILES string of the molecule is [CH2]CCOCCCCS(=O)(=O)OC. The van der Waals surface area contributed by atoms with E-state index in [9.17, 15) is 8.42 Å². The van der Waals surface area contributed by atoms with E-state index >= 15 is 0 Å². The Morgan fingerprint density at radius 3 is 2.46 bits per heavy atom. The van der Waals surface area contributed by atoms with Crippen LogP contribution < -0.4 is 0 Å². The smallest absolute Gasteiger partial charge is 0.267 e. The molecule has 0 aromatic carbocycles. The third-order valence-corrected chi connectivity index (χ3v) is 2.77. The van der Waals surface area contributed by atoms with Gasteiger partial charge >= 0.3 is 0 Å². The maximum atomic E-state index is 10.8. The van der Waals surface area contributed by atoms with Crippen LogP contribution in [0.15, 0.2) is 0 Å². The first-order valence-electron chi connectivity index (χ1n) is 4.27. The van der Waals surface area contributed by atoms with Gasteiger partial charge in [-0.1, -0.05) is 6.92 Å². The summed E-state index contributed by atoms with van der Waals surface area (Å²) in [4.78, 5) is 0. The van der Waals surface area contributed by atoms with Crippen molar-refractivity contribution in [2.45, 2.75) is 19.3 Å². The second-order valence-corrected chi connectivity index (χ2v) is 4.46. The molecular formula is C8H17O4S. The Bertz CT molecular complexity index is 198. The molecule has 0 amide bonds. The predicted molar refractivity (Wildman–Crippen MR) is 50.8 cm³/mol. The van der Waals surface area contributed by atoms with Gasteiger partial charge in [-0.05, 0) is 19.3 Å². The maximum absolute atomic E-state index is 10.8. The molecule has 0 aliphatic heterocycles. The molecule has 79 valence electrons. The van der Waals surface area contributed by atoms with Crippen molar-refractivity contribution in [1.29, 1.82) is 0 Å². The maximum Gasteiger partial charge on any atom is 0.267 e. The number of hydrogen-bond donors (Lipinski definition) is 0. The highest BCUT2D eigenvalue weighted by Crippen LogP contribution is 1.98. The van der Waals surface area contributed by atoms with Crippen molar-refractivity contribution in [2.75, 3.05) is 26.1 Å². The van der Waals surface area contributed by atoms with Crippen molar-refractivity contribution in [1.82, 2.24) is 0 Å². The summed E-state index contributed by atoms with van der Waals surface area (Å²) < 4.78 is 31.1. The van der Waals surface area contributed by atoms with Crippen LogP contribution in [0.2, 0.25) is 0 Å². The average molecular weight is 209 g/mol. The molecule has 0 saturated carbocycles. The molecule has 0 aromatic rings. The summed E-state index contributed by atoms with van der Waals surface area (Å²) in [7, 11) is -2.10. The molecule has 0 aliphatic carbocycles. The van der Waals surface area contributed by atoms with E-state index in [1.807, 2.05) is 0 Å². The second-order valence-electron chi connectivity index (χ2n) is 2.60. The highest BCUT2D eigenvalue weighted by molar-refractivity contribution is 7.86. The normalized spacial score (nSPS) is 11.8. The van der Waals surface area contributed by atoms with E-state index in [1.165, 1.54) is 7.11 Å². The molecule has 5 heteroatoms. The molecule has 0 N–H and O–H groups in total. The summed E-state index contributed by atoms with van der Waals surface area (Å²) in [5.41, 5.74) is 0. The molecule has 0 saturated heterocycles. The zero-order chi connectivity index (χ0) is 10.2. The molecule has 0 rings (SSSR count). The Balaban J connectivity index is 3.26. The number of hydrogen-bond acceptors (Lipinski definition) is 4. The van der Waals surface area contributed by atoms with Crippen molar-refractivity contribution in [2.24, 2.45) is 0 Å². The molecule has 4 nitrogen and oxygen atoms in total. The topological polar surface area (TPSA) is 52.6 Å². The molecule has 0 spiro atoms. The highest BCUT2D eigenvalue weighted by Gasteiger charge is 2.06. The molecular weight excluding hydrogens is 192 g/mol. The fourth-order valence-electron chi connectivity index (χ4n) is 0.770.